The molecule has 0 bridgehead atoms. The second-order valence-corrected chi connectivity index (χ2v) is 11.5. The molecule has 1 amide bonds. The highest BCUT2D eigenvalue weighted by Crippen LogP contribution is 2.47. The average Bonchev–Trinajstić information content (AvgIpc) is 3.22. The number of aliphatic hydroxyl groups is 1. The predicted octanol–water partition coefficient (Wildman–Crippen LogP) is 3.51. The molecule has 8 nitrogen and oxygen atoms in total. The van der Waals surface area contributed by atoms with E-state index in [1.165, 1.54) is 0 Å². The topological polar surface area (TPSA) is 102 Å². The Bertz CT molecular complexity index is 1520. The fourth-order valence-electron chi connectivity index (χ4n) is 5.45. The number of amides is 1. The molecule has 0 unspecified atom stereocenters. The summed E-state index contributed by atoms with van der Waals surface area (Å²) in [4.78, 5) is 30.5. The van der Waals surface area contributed by atoms with Crippen LogP contribution in [0.5, 0.6) is 11.5 Å². The van der Waals surface area contributed by atoms with Gasteiger partial charge in [0.15, 0.2) is 11.5 Å². The van der Waals surface area contributed by atoms with E-state index in [9.17, 15) is 9.59 Å². The molecule has 0 radical (unpaired) electrons. The summed E-state index contributed by atoms with van der Waals surface area (Å²) in [5, 5.41) is 11.5. The summed E-state index contributed by atoms with van der Waals surface area (Å²) in [5.74, 6) is 1.25. The number of aliphatic hydroxyl groups excluding tert-OH is 1. The molecule has 0 spiro atoms. The Balaban J connectivity index is 1.47. The third-order valence-corrected chi connectivity index (χ3v) is 7.14. The van der Waals surface area contributed by atoms with Crippen molar-refractivity contribution >= 4 is 11.6 Å². The Labute approximate surface area is 228 Å². The maximum atomic E-state index is 13.3. The number of benzene rings is 2. The van der Waals surface area contributed by atoms with Crippen LogP contribution in [0.25, 0.3) is 0 Å². The summed E-state index contributed by atoms with van der Waals surface area (Å²) in [6.45, 7) is 8.81. The number of ether oxygens (including phenoxy) is 2. The number of hydrogen-bond donors (Lipinski definition) is 2. The van der Waals surface area contributed by atoms with Crippen molar-refractivity contribution in [2.24, 2.45) is 4.99 Å². The Morgan fingerprint density at radius 1 is 1.13 bits per heavy atom. The summed E-state index contributed by atoms with van der Waals surface area (Å²) in [7, 11) is 1.67. The van der Waals surface area contributed by atoms with E-state index in [1.807, 2.05) is 18.2 Å². The SMILES string of the molecule is COc1cc2c(c3c1OC(C)(C)C3)C(c1ccn(Cc3ccc(C(=O)NCCO)cc3)c(=O)c1)=NC(C)(C)C2. The van der Waals surface area contributed by atoms with Gasteiger partial charge in [0.2, 0.25) is 0 Å². The van der Waals surface area contributed by atoms with Crippen LogP contribution in [0.3, 0.4) is 0 Å². The zero-order chi connectivity index (χ0) is 27.9. The third kappa shape index (κ3) is 5.34. The van der Waals surface area contributed by atoms with E-state index in [4.69, 9.17) is 19.6 Å². The molecule has 204 valence electrons. The van der Waals surface area contributed by atoms with Gasteiger partial charge in [0.1, 0.15) is 5.60 Å². The minimum absolute atomic E-state index is 0.110. The van der Waals surface area contributed by atoms with Gasteiger partial charge < -0.3 is 24.5 Å². The lowest BCUT2D eigenvalue weighted by molar-refractivity contribution is 0.0944. The predicted molar refractivity (Wildman–Crippen MR) is 150 cm³/mol. The first kappa shape index (κ1) is 26.7. The van der Waals surface area contributed by atoms with Gasteiger partial charge in [-0.3, -0.25) is 14.6 Å². The van der Waals surface area contributed by atoms with E-state index >= 15 is 0 Å². The second kappa shape index (κ2) is 10.0. The van der Waals surface area contributed by atoms with Crippen LogP contribution < -0.4 is 20.3 Å². The Morgan fingerprint density at radius 2 is 1.87 bits per heavy atom. The smallest absolute Gasteiger partial charge is 0.251 e. The third-order valence-electron chi connectivity index (χ3n) is 7.14. The van der Waals surface area contributed by atoms with Crippen molar-refractivity contribution in [1.82, 2.24) is 9.88 Å². The molecule has 0 fully saturated rings. The van der Waals surface area contributed by atoms with Gasteiger partial charge in [0.05, 0.1) is 31.5 Å². The molecule has 2 aliphatic heterocycles. The lowest BCUT2D eigenvalue weighted by Crippen LogP contribution is -2.31. The van der Waals surface area contributed by atoms with E-state index in [1.54, 1.807) is 36.1 Å². The minimum atomic E-state index is -0.360. The van der Waals surface area contributed by atoms with Crippen LogP contribution in [0.1, 0.15) is 65.9 Å². The molecular formula is C31H35N3O5. The molecule has 2 aromatic carbocycles. The maximum absolute atomic E-state index is 13.3. The number of aromatic nitrogens is 1. The number of nitrogens with zero attached hydrogens (tertiary/aromatic N) is 2. The normalized spacial score (nSPS) is 16.5. The van der Waals surface area contributed by atoms with Crippen molar-refractivity contribution in [3.8, 4) is 11.5 Å². The van der Waals surface area contributed by atoms with Crippen LogP contribution in [0.2, 0.25) is 0 Å². The Hall–Kier alpha value is -3.91. The number of carbonyl (C=O) groups excluding carboxylic acids is 1. The molecule has 8 heteroatoms. The lowest BCUT2D eigenvalue weighted by Gasteiger charge is -2.31. The molecule has 2 aliphatic rings. The number of hydrogen-bond acceptors (Lipinski definition) is 6. The van der Waals surface area contributed by atoms with Gasteiger partial charge in [-0.05, 0) is 69.5 Å². The molecule has 0 aliphatic carbocycles. The monoisotopic (exact) mass is 529 g/mol. The van der Waals surface area contributed by atoms with Gasteiger partial charge in [0.25, 0.3) is 11.5 Å². The number of methoxy groups -OCH3 is 1. The quantitative estimate of drug-likeness (QED) is 0.488. The van der Waals surface area contributed by atoms with Gasteiger partial charge in [-0.15, -0.1) is 0 Å². The van der Waals surface area contributed by atoms with Gasteiger partial charge in [0, 0.05) is 47.5 Å². The molecule has 0 saturated heterocycles. The van der Waals surface area contributed by atoms with E-state index < -0.39 is 0 Å². The molecule has 1 aromatic heterocycles. The fraction of sp³-hybridized carbons (Fsp3) is 0.387. The number of nitrogens with one attached hydrogen (secondary N) is 1. The van der Waals surface area contributed by atoms with Crippen LogP contribution in [-0.2, 0) is 19.4 Å². The van der Waals surface area contributed by atoms with Gasteiger partial charge in [-0.25, -0.2) is 0 Å². The van der Waals surface area contributed by atoms with E-state index in [0.717, 1.165) is 57.9 Å². The molecule has 0 saturated carbocycles. The summed E-state index contributed by atoms with van der Waals surface area (Å²) in [6, 6.07) is 12.7. The molecule has 3 aromatic rings. The van der Waals surface area contributed by atoms with E-state index in [-0.39, 0.29) is 35.8 Å². The summed E-state index contributed by atoms with van der Waals surface area (Å²) in [6.07, 6.45) is 3.29. The van der Waals surface area contributed by atoms with Gasteiger partial charge in [-0.1, -0.05) is 12.1 Å². The molecular weight excluding hydrogens is 494 g/mol. The second-order valence-electron chi connectivity index (χ2n) is 11.5. The first-order chi connectivity index (χ1) is 18.5. The van der Waals surface area contributed by atoms with Gasteiger partial charge >= 0.3 is 0 Å². The fourth-order valence-corrected chi connectivity index (χ4v) is 5.45. The zero-order valence-electron chi connectivity index (χ0n) is 23.1. The molecule has 2 N–H and O–H groups in total. The van der Waals surface area contributed by atoms with Crippen molar-refractivity contribution < 1.29 is 19.4 Å². The van der Waals surface area contributed by atoms with Crippen molar-refractivity contribution in [1.29, 1.82) is 0 Å². The standard InChI is InChI=1S/C31H35N3O5/c1-30(2)16-22-14-24(38-5)28-23(17-31(3,4)39-28)26(22)27(33-30)21-10-12-34(25(36)15-21)18-19-6-8-20(9-7-19)29(37)32-11-13-35/h6-10,12,14-15,35H,11,13,16-18H2,1-5H3,(H,32,37). The minimum Gasteiger partial charge on any atom is -0.493 e. The molecule has 5 rings (SSSR count). The lowest BCUT2D eigenvalue weighted by atomic mass is 9.81. The highest BCUT2D eigenvalue weighted by atomic mass is 16.5. The largest absolute Gasteiger partial charge is 0.493 e. The summed E-state index contributed by atoms with van der Waals surface area (Å²) >= 11 is 0. The van der Waals surface area contributed by atoms with Crippen LogP contribution in [0, 0.1) is 0 Å². The van der Waals surface area contributed by atoms with Gasteiger partial charge in [-0.2, -0.15) is 0 Å². The number of carbonyl (C=O) groups is 1. The number of pyridine rings is 1. The van der Waals surface area contributed by atoms with Crippen molar-refractivity contribution in [2.45, 2.75) is 58.2 Å². The Kier molecular flexibility index (Phi) is 6.84. The van der Waals surface area contributed by atoms with E-state index in [0.29, 0.717) is 12.1 Å². The van der Waals surface area contributed by atoms with Crippen LogP contribution >= 0.6 is 0 Å². The first-order valence-electron chi connectivity index (χ1n) is 13.2. The zero-order valence-corrected chi connectivity index (χ0v) is 23.1. The van der Waals surface area contributed by atoms with Crippen molar-refractivity contribution in [2.75, 3.05) is 20.3 Å². The molecule has 39 heavy (non-hydrogen) atoms. The van der Waals surface area contributed by atoms with Crippen LogP contribution in [0.4, 0.5) is 0 Å². The summed E-state index contributed by atoms with van der Waals surface area (Å²) in [5.41, 5.74) is 5.43. The van der Waals surface area contributed by atoms with Crippen LogP contribution in [-0.4, -0.2) is 52.7 Å². The number of rotatable bonds is 7. The van der Waals surface area contributed by atoms with Crippen molar-refractivity contribution in [3.63, 3.8) is 0 Å². The molecule has 3 heterocycles. The van der Waals surface area contributed by atoms with Crippen molar-refractivity contribution in [3.05, 3.63) is 92.4 Å². The number of aliphatic imine (C=N–C) groups is 1. The summed E-state index contributed by atoms with van der Waals surface area (Å²) < 4.78 is 13.6. The first-order valence-corrected chi connectivity index (χ1v) is 13.2. The highest BCUT2D eigenvalue weighted by molar-refractivity contribution is 6.16. The van der Waals surface area contributed by atoms with E-state index in [2.05, 4.69) is 39.1 Å². The van der Waals surface area contributed by atoms with Crippen LogP contribution in [0.15, 0.2) is 58.4 Å². The number of fused-ring (bicyclic) bond motifs is 3. The highest BCUT2D eigenvalue weighted by Gasteiger charge is 2.39. The average molecular weight is 530 g/mol. The Morgan fingerprint density at radius 3 is 2.54 bits per heavy atom. The maximum Gasteiger partial charge on any atom is 0.251 e. The molecule has 0 atom stereocenters.